The highest BCUT2D eigenvalue weighted by molar-refractivity contribution is 6.42. The van der Waals surface area contributed by atoms with Crippen LogP contribution in [0.15, 0.2) is 70.9 Å². The van der Waals surface area contributed by atoms with Gasteiger partial charge in [-0.25, -0.2) is 4.98 Å². The number of rotatable bonds is 5. The van der Waals surface area contributed by atoms with E-state index in [2.05, 4.69) is 20.2 Å². The van der Waals surface area contributed by atoms with Gasteiger partial charge in [-0.05, 0) is 42.5 Å². The van der Waals surface area contributed by atoms with Gasteiger partial charge in [-0.2, -0.15) is 0 Å². The van der Waals surface area contributed by atoms with Crippen molar-refractivity contribution in [1.29, 1.82) is 0 Å². The van der Waals surface area contributed by atoms with E-state index >= 15 is 0 Å². The average Bonchev–Trinajstić information content (AvgIpc) is 3.34. The Kier molecular flexibility index (Phi) is 5.69. The molecule has 3 aromatic carbocycles. The maximum absolute atomic E-state index is 12.9. The predicted octanol–water partition coefficient (Wildman–Crippen LogP) is 6.52. The van der Waals surface area contributed by atoms with E-state index in [9.17, 15) is 9.90 Å². The van der Waals surface area contributed by atoms with Gasteiger partial charge in [-0.15, -0.1) is 10.2 Å². The molecule has 8 nitrogen and oxygen atoms in total. The van der Waals surface area contributed by atoms with Crippen LogP contribution in [0.5, 0.6) is 11.6 Å². The zero-order valence-corrected chi connectivity index (χ0v) is 19.3. The molecule has 0 unspecified atom stereocenters. The zero-order valence-electron chi connectivity index (χ0n) is 17.8. The van der Waals surface area contributed by atoms with Crippen LogP contribution >= 0.6 is 23.2 Å². The predicted molar refractivity (Wildman–Crippen MR) is 131 cm³/mol. The van der Waals surface area contributed by atoms with Crippen LogP contribution in [0, 0.1) is 0 Å². The molecular weight excluding hydrogens is 477 g/mol. The summed E-state index contributed by atoms with van der Waals surface area (Å²) in [5.41, 5.74) is 2.86. The number of benzene rings is 3. The lowest BCUT2D eigenvalue weighted by atomic mass is 10.2. The van der Waals surface area contributed by atoms with E-state index in [0.717, 1.165) is 5.56 Å². The van der Waals surface area contributed by atoms with E-state index in [1.807, 2.05) is 24.3 Å². The molecule has 34 heavy (non-hydrogen) atoms. The molecule has 0 aliphatic carbocycles. The van der Waals surface area contributed by atoms with Crippen molar-refractivity contribution in [1.82, 2.24) is 14.5 Å². The number of fused-ring (bicyclic) bond motifs is 2. The molecule has 0 saturated carbocycles. The molecule has 0 bridgehead atoms. The second kappa shape index (κ2) is 8.81. The molecule has 0 atom stereocenters. The Morgan fingerprint density at radius 1 is 1.12 bits per heavy atom. The van der Waals surface area contributed by atoms with Crippen molar-refractivity contribution in [3.8, 4) is 23.0 Å². The minimum absolute atomic E-state index is 0.150. The first-order valence-electron chi connectivity index (χ1n) is 10.2. The summed E-state index contributed by atoms with van der Waals surface area (Å²) in [4.78, 5) is 20.3. The summed E-state index contributed by atoms with van der Waals surface area (Å²) < 4.78 is 6.94. The third-order valence-electron chi connectivity index (χ3n) is 5.35. The Labute approximate surface area is 203 Å². The number of carbonyl (C=O) groups excluding carboxylic acids is 1. The first kappa shape index (κ1) is 21.9. The monoisotopic (exact) mass is 493 g/mol. The van der Waals surface area contributed by atoms with Crippen LogP contribution in [-0.4, -0.2) is 32.7 Å². The molecule has 0 fully saturated rings. The van der Waals surface area contributed by atoms with Crippen molar-refractivity contribution in [2.24, 2.45) is 10.2 Å². The Bertz CT molecular complexity index is 1570. The number of imidazole rings is 1. The van der Waals surface area contributed by atoms with Crippen LogP contribution in [0.4, 0.5) is 5.69 Å². The van der Waals surface area contributed by atoms with E-state index < -0.39 is 5.91 Å². The van der Waals surface area contributed by atoms with Crippen LogP contribution < -0.4 is 4.74 Å². The minimum Gasteiger partial charge on any atom is -0.497 e. The van der Waals surface area contributed by atoms with Gasteiger partial charge in [-0.1, -0.05) is 41.4 Å². The van der Waals surface area contributed by atoms with Gasteiger partial charge in [0.25, 0.3) is 5.91 Å². The smallest absolute Gasteiger partial charge is 0.284 e. The molecule has 1 amide bonds. The van der Waals surface area contributed by atoms with Crippen LogP contribution in [-0.2, 0) is 11.3 Å². The third kappa shape index (κ3) is 3.98. The highest BCUT2D eigenvalue weighted by atomic mass is 35.5. The molecule has 5 aromatic rings. The highest BCUT2D eigenvalue weighted by Crippen LogP contribution is 2.35. The number of hydrogen-bond donors (Lipinski definition) is 2. The zero-order chi connectivity index (χ0) is 23.8. The minimum atomic E-state index is -0.537. The highest BCUT2D eigenvalue weighted by Gasteiger charge is 2.18. The number of para-hydroxylation sites is 1. The van der Waals surface area contributed by atoms with Gasteiger partial charge >= 0.3 is 0 Å². The summed E-state index contributed by atoms with van der Waals surface area (Å²) in [5, 5.41) is 19.4. The number of aromatic hydroxyl groups is 1. The second-order valence-electron chi connectivity index (χ2n) is 7.47. The van der Waals surface area contributed by atoms with Gasteiger partial charge in [0.2, 0.25) is 5.88 Å². The van der Waals surface area contributed by atoms with Crippen LogP contribution in [0.25, 0.3) is 33.3 Å². The summed E-state index contributed by atoms with van der Waals surface area (Å²) >= 11 is 12.4. The van der Waals surface area contributed by atoms with E-state index in [1.165, 1.54) is 0 Å². The van der Waals surface area contributed by atoms with E-state index in [1.54, 1.807) is 48.1 Å². The number of nitrogens with one attached hydrogen (secondary N) is 1. The normalized spacial score (nSPS) is 11.6. The van der Waals surface area contributed by atoms with Crippen molar-refractivity contribution in [2.45, 2.75) is 6.54 Å². The topological polar surface area (TPSA) is 105 Å². The molecule has 2 aromatic heterocycles. The maximum atomic E-state index is 12.9. The number of ether oxygens (including phenoxy) is 1. The van der Waals surface area contributed by atoms with Crippen molar-refractivity contribution < 1.29 is 14.6 Å². The molecule has 0 aliphatic rings. The number of methoxy groups -OCH3 is 1. The van der Waals surface area contributed by atoms with Crippen LogP contribution in [0.2, 0.25) is 10.0 Å². The number of carbonyl (C=O) groups is 1. The Morgan fingerprint density at radius 2 is 1.85 bits per heavy atom. The summed E-state index contributed by atoms with van der Waals surface area (Å²) in [6.45, 7) is -0.150. The Hall–Kier alpha value is -3.88. The van der Waals surface area contributed by atoms with Gasteiger partial charge in [0.05, 0.1) is 33.7 Å². The fraction of sp³-hybridized carbons (Fsp3) is 0.0833. The second-order valence-corrected chi connectivity index (χ2v) is 8.28. The van der Waals surface area contributed by atoms with Gasteiger partial charge < -0.3 is 19.4 Å². The Morgan fingerprint density at radius 3 is 2.62 bits per heavy atom. The van der Waals surface area contributed by atoms with E-state index in [-0.39, 0.29) is 18.1 Å². The molecule has 2 heterocycles. The summed E-state index contributed by atoms with van der Waals surface area (Å²) in [5.74, 6) is 0.534. The molecule has 0 spiro atoms. The number of aromatic amines is 1. The third-order valence-corrected chi connectivity index (χ3v) is 6.08. The van der Waals surface area contributed by atoms with E-state index in [0.29, 0.717) is 43.6 Å². The number of azo groups is 1. The fourth-order valence-electron chi connectivity index (χ4n) is 3.73. The molecular formula is C24H17Cl2N5O3. The lowest BCUT2D eigenvalue weighted by Crippen LogP contribution is -2.08. The van der Waals surface area contributed by atoms with Crippen molar-refractivity contribution >= 4 is 56.7 Å². The molecule has 2 N–H and O–H groups in total. The van der Waals surface area contributed by atoms with Gasteiger partial charge in [0.15, 0.2) is 5.69 Å². The number of aromatic nitrogens is 3. The summed E-state index contributed by atoms with van der Waals surface area (Å²) in [6, 6.07) is 17.8. The quantitative estimate of drug-likeness (QED) is 0.272. The van der Waals surface area contributed by atoms with Crippen LogP contribution in [0.3, 0.4) is 0 Å². The molecule has 170 valence electrons. The first-order chi connectivity index (χ1) is 16.4. The first-order valence-corrected chi connectivity index (χ1v) is 10.9. The van der Waals surface area contributed by atoms with Gasteiger partial charge in [0, 0.05) is 10.9 Å². The molecule has 0 saturated heterocycles. The lowest BCUT2D eigenvalue weighted by Gasteiger charge is -2.08. The number of amides is 1. The maximum Gasteiger partial charge on any atom is 0.284 e. The molecule has 0 aliphatic heterocycles. The average molecular weight is 494 g/mol. The van der Waals surface area contributed by atoms with Gasteiger partial charge in [0.1, 0.15) is 18.1 Å². The number of hydrogen-bond acceptors (Lipinski definition) is 5. The Balaban J connectivity index is 1.54. The van der Waals surface area contributed by atoms with Gasteiger partial charge in [-0.3, -0.25) is 4.79 Å². The number of halogens is 2. The van der Waals surface area contributed by atoms with E-state index in [4.69, 9.17) is 27.9 Å². The van der Waals surface area contributed by atoms with Crippen molar-refractivity contribution in [3.05, 3.63) is 70.7 Å². The SMILES string of the molecule is COc1ccc(-c2nc3cc(Cl)c(Cl)cc3n2CC(=O)N=Nc2c(O)[nH]c3ccccc23)cc1. The van der Waals surface area contributed by atoms with Crippen LogP contribution in [0.1, 0.15) is 0 Å². The summed E-state index contributed by atoms with van der Waals surface area (Å²) in [7, 11) is 1.59. The fourth-order valence-corrected chi connectivity index (χ4v) is 4.04. The molecule has 10 heteroatoms. The lowest BCUT2D eigenvalue weighted by molar-refractivity contribution is -0.118. The molecule has 0 radical (unpaired) electrons. The van der Waals surface area contributed by atoms with Crippen molar-refractivity contribution in [3.63, 3.8) is 0 Å². The standard InChI is InChI=1S/C24H17Cl2N5O3/c1-34-14-8-6-13(7-9-14)23-27-19-10-16(25)17(26)11-20(19)31(23)12-21(32)29-30-22-15-4-2-3-5-18(15)28-24(22)33/h2-11,28,33H,12H2,1H3. The van der Waals surface area contributed by atoms with Crippen molar-refractivity contribution in [2.75, 3.05) is 7.11 Å². The number of nitrogens with zero attached hydrogens (tertiary/aromatic N) is 4. The number of H-pyrrole nitrogens is 1. The molecule has 5 rings (SSSR count). The summed E-state index contributed by atoms with van der Waals surface area (Å²) in [6.07, 6.45) is 0. The largest absolute Gasteiger partial charge is 0.497 e.